The number of fused-ring (bicyclic) bond motifs is 11. The molecule has 2 heterocycles. The number of benzene rings is 4. The van der Waals surface area contributed by atoms with Crippen molar-refractivity contribution in [3.8, 4) is 0 Å². The second kappa shape index (κ2) is 5.17. The van der Waals surface area contributed by atoms with Gasteiger partial charge in [-0.1, -0.05) is 48.5 Å². The summed E-state index contributed by atoms with van der Waals surface area (Å²) in [6.07, 6.45) is 0. The van der Waals surface area contributed by atoms with Crippen LogP contribution in [0.4, 0.5) is 0 Å². The van der Waals surface area contributed by atoms with E-state index in [9.17, 15) is 0 Å². The van der Waals surface area contributed by atoms with Gasteiger partial charge in [0.25, 0.3) is 0 Å². The Morgan fingerprint density at radius 1 is 0.464 bits per heavy atom. The molecule has 0 saturated heterocycles. The summed E-state index contributed by atoms with van der Waals surface area (Å²) in [5, 5.41) is 10.7. The standard InChI is InChI=1S/C26H22N2/c1-13-15(3)27-25-19-11-7-6-10-18(19)24-22-14(2)16(4)28-26(22)20-12-8-5-9-17(20)23(24)21(13)25/h5-12,27-28H,1-4H3. The van der Waals surface area contributed by atoms with Crippen molar-refractivity contribution in [3.05, 3.63) is 71.0 Å². The Balaban J connectivity index is 2.16. The van der Waals surface area contributed by atoms with Gasteiger partial charge in [-0.3, -0.25) is 0 Å². The molecule has 0 aliphatic rings. The minimum absolute atomic E-state index is 1.25. The minimum atomic E-state index is 1.25. The van der Waals surface area contributed by atoms with Crippen LogP contribution in [-0.4, -0.2) is 9.97 Å². The molecular formula is C26H22N2. The van der Waals surface area contributed by atoms with E-state index in [-0.39, 0.29) is 0 Å². The van der Waals surface area contributed by atoms with Crippen LogP contribution >= 0.6 is 0 Å². The predicted octanol–water partition coefficient (Wildman–Crippen LogP) is 7.34. The quantitative estimate of drug-likeness (QED) is 0.265. The Morgan fingerprint density at radius 3 is 1.21 bits per heavy atom. The number of hydrogen-bond donors (Lipinski definition) is 2. The van der Waals surface area contributed by atoms with Crippen molar-refractivity contribution in [2.45, 2.75) is 27.7 Å². The van der Waals surface area contributed by atoms with Crippen LogP contribution in [0.3, 0.4) is 0 Å². The van der Waals surface area contributed by atoms with Crippen LogP contribution in [0, 0.1) is 27.7 Å². The van der Waals surface area contributed by atoms with E-state index in [1.165, 1.54) is 76.6 Å². The molecule has 6 aromatic rings. The molecule has 136 valence electrons. The van der Waals surface area contributed by atoms with Gasteiger partial charge in [0.2, 0.25) is 0 Å². The highest BCUT2D eigenvalue weighted by molar-refractivity contribution is 6.39. The number of hydrogen-bond acceptors (Lipinski definition) is 0. The average molecular weight is 362 g/mol. The van der Waals surface area contributed by atoms with E-state index in [1.54, 1.807) is 0 Å². The molecule has 0 aliphatic heterocycles. The van der Waals surface area contributed by atoms with Crippen LogP contribution < -0.4 is 0 Å². The lowest BCUT2D eigenvalue weighted by molar-refractivity contribution is 1.26. The third-order valence-electron chi connectivity index (χ3n) is 6.68. The first-order valence-electron chi connectivity index (χ1n) is 9.90. The molecule has 0 fully saturated rings. The molecular weight excluding hydrogens is 340 g/mol. The first kappa shape index (κ1) is 15.8. The summed E-state index contributed by atoms with van der Waals surface area (Å²) in [5.41, 5.74) is 7.71. The molecule has 2 heteroatoms. The van der Waals surface area contributed by atoms with E-state index in [0.717, 1.165) is 0 Å². The van der Waals surface area contributed by atoms with Crippen molar-refractivity contribution in [1.82, 2.24) is 9.97 Å². The number of aryl methyl sites for hydroxylation is 4. The van der Waals surface area contributed by atoms with E-state index < -0.39 is 0 Å². The van der Waals surface area contributed by atoms with Gasteiger partial charge in [-0.15, -0.1) is 0 Å². The van der Waals surface area contributed by atoms with E-state index >= 15 is 0 Å². The normalized spacial score (nSPS) is 12.3. The van der Waals surface area contributed by atoms with Crippen molar-refractivity contribution in [1.29, 1.82) is 0 Å². The molecule has 4 aromatic carbocycles. The number of nitrogens with one attached hydrogen (secondary N) is 2. The summed E-state index contributed by atoms with van der Waals surface area (Å²) in [6, 6.07) is 17.7. The first-order chi connectivity index (χ1) is 13.6. The van der Waals surface area contributed by atoms with Crippen molar-refractivity contribution in [2.75, 3.05) is 0 Å². The highest BCUT2D eigenvalue weighted by Crippen LogP contribution is 2.46. The molecule has 0 bridgehead atoms. The fourth-order valence-corrected chi connectivity index (χ4v) is 5.09. The number of rotatable bonds is 0. The summed E-state index contributed by atoms with van der Waals surface area (Å²) < 4.78 is 0. The molecule has 0 saturated carbocycles. The van der Waals surface area contributed by atoms with Crippen molar-refractivity contribution in [2.24, 2.45) is 0 Å². The maximum absolute atomic E-state index is 3.69. The van der Waals surface area contributed by atoms with Gasteiger partial charge in [-0.05, 0) is 49.6 Å². The maximum atomic E-state index is 3.69. The molecule has 2 aromatic heterocycles. The zero-order valence-electron chi connectivity index (χ0n) is 16.6. The highest BCUT2D eigenvalue weighted by atomic mass is 14.7. The van der Waals surface area contributed by atoms with Gasteiger partial charge in [-0.2, -0.15) is 0 Å². The third kappa shape index (κ3) is 1.73. The lowest BCUT2D eigenvalue weighted by atomic mass is 9.89. The Bertz CT molecular complexity index is 1470. The Morgan fingerprint density at radius 2 is 0.821 bits per heavy atom. The maximum Gasteiger partial charge on any atom is 0.0545 e. The number of H-pyrrole nitrogens is 2. The molecule has 6 rings (SSSR count). The fourth-order valence-electron chi connectivity index (χ4n) is 5.09. The highest BCUT2D eigenvalue weighted by Gasteiger charge is 2.20. The lowest BCUT2D eigenvalue weighted by Gasteiger charge is -2.13. The van der Waals surface area contributed by atoms with Gasteiger partial charge < -0.3 is 9.97 Å². The molecule has 2 N–H and O–H groups in total. The van der Waals surface area contributed by atoms with Crippen LogP contribution in [0.15, 0.2) is 48.5 Å². The molecule has 0 atom stereocenters. The fraction of sp³-hybridized carbons (Fsp3) is 0.154. The predicted molar refractivity (Wildman–Crippen MR) is 122 cm³/mol. The molecule has 2 nitrogen and oxygen atoms in total. The van der Waals surface area contributed by atoms with Crippen LogP contribution in [-0.2, 0) is 0 Å². The minimum Gasteiger partial charge on any atom is -0.358 e. The van der Waals surface area contributed by atoms with Gasteiger partial charge in [-0.25, -0.2) is 0 Å². The molecule has 0 aliphatic carbocycles. The van der Waals surface area contributed by atoms with Gasteiger partial charge in [0.1, 0.15) is 0 Å². The average Bonchev–Trinajstić information content (AvgIpc) is 3.18. The summed E-state index contributed by atoms with van der Waals surface area (Å²) in [5.74, 6) is 0. The smallest absolute Gasteiger partial charge is 0.0545 e. The molecule has 28 heavy (non-hydrogen) atoms. The van der Waals surface area contributed by atoms with Crippen molar-refractivity contribution < 1.29 is 0 Å². The van der Waals surface area contributed by atoms with Crippen LogP contribution in [0.2, 0.25) is 0 Å². The lowest BCUT2D eigenvalue weighted by Crippen LogP contribution is -1.87. The van der Waals surface area contributed by atoms with Crippen LogP contribution in [0.1, 0.15) is 22.5 Å². The Hall–Kier alpha value is -3.26. The second-order valence-corrected chi connectivity index (χ2v) is 8.09. The topological polar surface area (TPSA) is 31.6 Å². The number of aromatic amines is 2. The molecule has 0 amide bonds. The van der Waals surface area contributed by atoms with Gasteiger partial charge in [0.15, 0.2) is 0 Å². The van der Waals surface area contributed by atoms with Gasteiger partial charge in [0, 0.05) is 43.7 Å². The van der Waals surface area contributed by atoms with Gasteiger partial charge >= 0.3 is 0 Å². The first-order valence-corrected chi connectivity index (χ1v) is 9.90. The second-order valence-electron chi connectivity index (χ2n) is 8.09. The van der Waals surface area contributed by atoms with Gasteiger partial charge in [0.05, 0.1) is 11.0 Å². The summed E-state index contributed by atoms with van der Waals surface area (Å²) in [4.78, 5) is 7.37. The monoisotopic (exact) mass is 362 g/mol. The summed E-state index contributed by atoms with van der Waals surface area (Å²) in [6.45, 7) is 8.86. The summed E-state index contributed by atoms with van der Waals surface area (Å²) >= 11 is 0. The molecule has 0 spiro atoms. The Kier molecular flexibility index (Phi) is 2.91. The number of aromatic nitrogens is 2. The molecule has 0 unspecified atom stereocenters. The zero-order valence-corrected chi connectivity index (χ0v) is 16.6. The summed E-state index contributed by atoms with van der Waals surface area (Å²) in [7, 11) is 0. The Labute approximate surface area is 163 Å². The SMILES string of the molecule is Cc1[nH]c2c3ccccc3c3c4c(C)c(C)[nH]c4c4ccccc4c3c2c1C. The van der Waals surface area contributed by atoms with E-state index in [1.807, 2.05) is 0 Å². The van der Waals surface area contributed by atoms with Crippen molar-refractivity contribution >= 4 is 54.1 Å². The van der Waals surface area contributed by atoms with Crippen molar-refractivity contribution in [3.63, 3.8) is 0 Å². The third-order valence-corrected chi connectivity index (χ3v) is 6.68. The van der Waals surface area contributed by atoms with E-state index in [2.05, 4.69) is 86.2 Å². The van der Waals surface area contributed by atoms with E-state index in [0.29, 0.717) is 0 Å². The van der Waals surface area contributed by atoms with E-state index in [4.69, 9.17) is 0 Å². The molecule has 0 radical (unpaired) electrons. The van der Waals surface area contributed by atoms with Crippen LogP contribution in [0.25, 0.3) is 54.1 Å². The largest absolute Gasteiger partial charge is 0.358 e. The zero-order chi connectivity index (χ0) is 19.2. The van der Waals surface area contributed by atoms with Crippen LogP contribution in [0.5, 0.6) is 0 Å².